The molecule has 234 valence electrons. The molecule has 0 unspecified atom stereocenters. The first-order valence-electron chi connectivity index (χ1n) is 13.7. The predicted molar refractivity (Wildman–Crippen MR) is 181 cm³/mol. The number of fused-ring (bicyclic) bond motifs is 2. The molecule has 1 amide bonds. The molecular formula is C31H35FIN5O5S. The molecule has 13 heteroatoms. The fourth-order valence-electron chi connectivity index (χ4n) is 4.15. The summed E-state index contributed by atoms with van der Waals surface area (Å²) in [5, 5.41) is 13.1. The number of hydrogen-bond donors (Lipinski definition) is 2. The lowest BCUT2D eigenvalue weighted by Gasteiger charge is -2.16. The number of methoxy groups -OCH3 is 1. The molecule has 0 fully saturated rings. The zero-order valence-corrected chi connectivity index (χ0v) is 28.5. The van der Waals surface area contributed by atoms with Crippen LogP contribution in [0.1, 0.15) is 39.0 Å². The number of aliphatic hydroxyl groups is 1. The molecule has 2 N–H and O–H groups in total. The number of rotatable bonds is 9. The summed E-state index contributed by atoms with van der Waals surface area (Å²) in [7, 11) is 1.54. The predicted octanol–water partition coefficient (Wildman–Crippen LogP) is 7.34. The van der Waals surface area contributed by atoms with Crippen molar-refractivity contribution in [2.45, 2.75) is 46.6 Å². The van der Waals surface area contributed by atoms with Gasteiger partial charge < -0.3 is 19.3 Å². The van der Waals surface area contributed by atoms with Crippen molar-refractivity contribution < 1.29 is 28.5 Å². The second-order valence-corrected chi connectivity index (χ2v) is 11.0. The molecule has 5 aromatic rings. The normalized spacial score (nSPS) is 10.9. The fourth-order valence-corrected chi connectivity index (χ4v) is 5.14. The van der Waals surface area contributed by atoms with Crippen LogP contribution in [-0.4, -0.2) is 57.1 Å². The minimum Gasteiger partial charge on any atom is -0.487 e. The Balaban J connectivity index is 0.00000173. The van der Waals surface area contributed by atoms with Gasteiger partial charge in [0.1, 0.15) is 18.2 Å². The van der Waals surface area contributed by atoms with Gasteiger partial charge in [-0.15, -0.1) is 35.3 Å². The number of halogens is 2. The first-order chi connectivity index (χ1) is 20.6. The van der Waals surface area contributed by atoms with E-state index in [1.165, 1.54) is 30.7 Å². The molecule has 0 aliphatic heterocycles. The van der Waals surface area contributed by atoms with E-state index < -0.39 is 17.5 Å². The summed E-state index contributed by atoms with van der Waals surface area (Å²) in [6.07, 6.45) is 2.72. The Hall–Kier alpha value is -3.69. The van der Waals surface area contributed by atoms with E-state index in [1.54, 1.807) is 38.2 Å². The summed E-state index contributed by atoms with van der Waals surface area (Å²) in [4.78, 5) is 29.9. The van der Waals surface area contributed by atoms with E-state index >= 15 is 0 Å². The van der Waals surface area contributed by atoms with Gasteiger partial charge in [-0.05, 0) is 50.6 Å². The number of nitrogens with zero attached hydrogens (tertiary/aromatic N) is 4. The van der Waals surface area contributed by atoms with Gasteiger partial charge in [-0.2, -0.15) is 0 Å². The summed E-state index contributed by atoms with van der Waals surface area (Å²) in [5.41, 5.74) is 3.86. The zero-order chi connectivity index (χ0) is 31.1. The SMILES string of the molecule is CC.COc1cnc2c(-c3nc4cc(F)c(OCCOC(=O)Nc5ccc(CC(C)(C)O)nc5)cc4s3)cc(C)cc2n1.I. The third-order valence-electron chi connectivity index (χ3n) is 5.91. The number of carbonyl (C=O) groups is 1. The zero-order valence-electron chi connectivity index (χ0n) is 25.3. The first kappa shape index (κ1) is 34.8. The second-order valence-electron chi connectivity index (χ2n) is 10.00. The Bertz CT molecular complexity index is 1730. The molecule has 3 aromatic heterocycles. The Morgan fingerprint density at radius 1 is 1.05 bits per heavy atom. The van der Waals surface area contributed by atoms with Gasteiger partial charge in [0.15, 0.2) is 11.6 Å². The standard InChI is InChI=1S/C29H28FN5O5S.C2H6.HI/c1-16-9-19(26-22(10-16)34-25(38-4)15-32-26)27-35-21-11-20(30)23(12-24(21)41-27)39-7-8-40-28(36)33-18-6-5-17(31-14-18)13-29(2,3)37;1-2;/h5-6,9-12,14-15,37H,7-8,13H2,1-4H3,(H,33,36);1-2H3;1H. The maximum absolute atomic E-state index is 14.8. The van der Waals surface area contributed by atoms with Gasteiger partial charge in [0, 0.05) is 29.8 Å². The molecule has 44 heavy (non-hydrogen) atoms. The number of aryl methyl sites for hydroxylation is 1. The van der Waals surface area contributed by atoms with Gasteiger partial charge in [0.05, 0.1) is 52.0 Å². The molecule has 0 saturated heterocycles. The number of hydrogen-bond acceptors (Lipinski definition) is 10. The summed E-state index contributed by atoms with van der Waals surface area (Å²) in [5.74, 6) is -0.130. The van der Waals surface area contributed by atoms with Gasteiger partial charge in [0.2, 0.25) is 5.88 Å². The van der Waals surface area contributed by atoms with Crippen LogP contribution in [0, 0.1) is 12.7 Å². The van der Waals surface area contributed by atoms with Crippen molar-refractivity contribution in [2.24, 2.45) is 0 Å². The number of amides is 1. The number of carbonyl (C=O) groups excluding carboxylic acids is 1. The smallest absolute Gasteiger partial charge is 0.411 e. The van der Waals surface area contributed by atoms with Gasteiger partial charge in [-0.25, -0.2) is 24.1 Å². The van der Waals surface area contributed by atoms with Gasteiger partial charge in [-0.1, -0.05) is 13.8 Å². The molecule has 0 aliphatic carbocycles. The number of benzene rings is 2. The highest BCUT2D eigenvalue weighted by Crippen LogP contribution is 2.37. The molecule has 0 spiro atoms. The topological polar surface area (TPSA) is 129 Å². The number of nitrogens with one attached hydrogen (secondary N) is 1. The molecular weight excluding hydrogens is 700 g/mol. The number of thiazole rings is 1. The number of pyridine rings is 1. The van der Waals surface area contributed by atoms with Gasteiger partial charge >= 0.3 is 6.09 Å². The molecule has 0 bridgehead atoms. The van der Waals surface area contributed by atoms with E-state index in [0.717, 1.165) is 15.8 Å². The monoisotopic (exact) mass is 735 g/mol. The highest BCUT2D eigenvalue weighted by atomic mass is 127. The second kappa shape index (κ2) is 15.3. The van der Waals surface area contributed by atoms with Crippen LogP contribution in [-0.2, 0) is 11.2 Å². The molecule has 0 aliphatic rings. The molecule has 3 heterocycles. The molecule has 0 atom stereocenters. The van der Waals surface area contributed by atoms with Crippen LogP contribution < -0.4 is 14.8 Å². The lowest BCUT2D eigenvalue weighted by atomic mass is 10.0. The molecule has 10 nitrogen and oxygen atoms in total. The van der Waals surface area contributed by atoms with Crippen LogP contribution in [0.15, 0.2) is 48.8 Å². The minimum absolute atomic E-state index is 0. The maximum atomic E-state index is 14.8. The van der Waals surface area contributed by atoms with Crippen molar-refractivity contribution in [2.75, 3.05) is 25.6 Å². The van der Waals surface area contributed by atoms with E-state index in [9.17, 15) is 14.3 Å². The lowest BCUT2D eigenvalue weighted by molar-refractivity contribution is 0.0799. The minimum atomic E-state index is -0.882. The van der Waals surface area contributed by atoms with Gasteiger partial charge in [-0.3, -0.25) is 10.3 Å². The van der Waals surface area contributed by atoms with Crippen molar-refractivity contribution in [3.8, 4) is 22.2 Å². The first-order valence-corrected chi connectivity index (χ1v) is 14.6. The van der Waals surface area contributed by atoms with Crippen LogP contribution in [0.2, 0.25) is 0 Å². The summed E-state index contributed by atoms with van der Waals surface area (Å²) < 4.78 is 31.4. The average Bonchev–Trinajstić information content (AvgIpc) is 3.38. The van der Waals surface area contributed by atoms with Crippen LogP contribution in [0.25, 0.3) is 31.8 Å². The van der Waals surface area contributed by atoms with E-state index in [4.69, 9.17) is 14.2 Å². The van der Waals surface area contributed by atoms with Crippen molar-refractivity contribution in [1.29, 1.82) is 0 Å². The summed E-state index contributed by atoms with van der Waals surface area (Å²) >= 11 is 1.38. The van der Waals surface area contributed by atoms with Crippen LogP contribution in [0.4, 0.5) is 14.9 Å². The summed E-state index contributed by atoms with van der Waals surface area (Å²) in [6, 6.07) is 10.2. The van der Waals surface area contributed by atoms with Crippen LogP contribution in [0.5, 0.6) is 11.6 Å². The van der Waals surface area contributed by atoms with Crippen molar-refractivity contribution in [3.63, 3.8) is 0 Å². The number of ether oxygens (including phenoxy) is 3. The lowest BCUT2D eigenvalue weighted by Crippen LogP contribution is -2.22. The molecule has 0 radical (unpaired) electrons. The third kappa shape index (κ3) is 8.92. The molecule has 0 saturated carbocycles. The van der Waals surface area contributed by atoms with Crippen molar-refractivity contribution in [1.82, 2.24) is 19.9 Å². The fraction of sp³-hybridized carbons (Fsp3) is 0.323. The van der Waals surface area contributed by atoms with E-state index in [-0.39, 0.29) is 42.9 Å². The summed E-state index contributed by atoms with van der Waals surface area (Å²) in [6.45, 7) is 9.19. The highest BCUT2D eigenvalue weighted by Gasteiger charge is 2.17. The molecule has 5 rings (SSSR count). The number of aromatic nitrogens is 4. The Kier molecular flexibility index (Phi) is 12.1. The Labute approximate surface area is 276 Å². The third-order valence-corrected chi connectivity index (χ3v) is 6.96. The van der Waals surface area contributed by atoms with Crippen LogP contribution in [0.3, 0.4) is 0 Å². The van der Waals surface area contributed by atoms with E-state index in [2.05, 4.69) is 25.3 Å². The Morgan fingerprint density at radius 3 is 2.50 bits per heavy atom. The average molecular weight is 736 g/mol. The number of anilines is 1. The highest BCUT2D eigenvalue weighted by molar-refractivity contribution is 14.0. The maximum Gasteiger partial charge on any atom is 0.411 e. The quantitative estimate of drug-likeness (QED) is 0.118. The van der Waals surface area contributed by atoms with Crippen molar-refractivity contribution >= 4 is 68.3 Å². The van der Waals surface area contributed by atoms with Crippen molar-refractivity contribution in [3.05, 3.63) is 65.9 Å². The van der Waals surface area contributed by atoms with Crippen LogP contribution >= 0.6 is 35.3 Å². The Morgan fingerprint density at radius 2 is 1.82 bits per heavy atom. The molecule has 2 aromatic carbocycles. The van der Waals surface area contributed by atoms with E-state index in [1.807, 2.05) is 32.9 Å². The largest absolute Gasteiger partial charge is 0.487 e. The van der Waals surface area contributed by atoms with Gasteiger partial charge in [0.25, 0.3) is 0 Å². The van der Waals surface area contributed by atoms with E-state index in [0.29, 0.717) is 45.2 Å².